The molecule has 1 fully saturated rings. The molecule has 0 bridgehead atoms. The summed E-state index contributed by atoms with van der Waals surface area (Å²) in [4.78, 5) is 2.21. The Morgan fingerprint density at radius 3 is 2.92 bits per heavy atom. The van der Waals surface area contributed by atoms with Crippen molar-refractivity contribution < 1.29 is 14.2 Å². The molecule has 1 aliphatic heterocycles. The predicted octanol–water partition coefficient (Wildman–Crippen LogP) is 3.00. The number of hydrogen-bond donors (Lipinski definition) is 1. The number of hydrogen-bond acceptors (Lipinski definition) is 5. The van der Waals surface area contributed by atoms with Gasteiger partial charge in [-0.2, -0.15) is 5.10 Å². The number of methoxy groups -OCH3 is 1. The Morgan fingerprint density at radius 1 is 1.28 bits per heavy atom. The molecule has 0 saturated carbocycles. The minimum Gasteiger partial charge on any atom is -0.496 e. The van der Waals surface area contributed by atoms with Gasteiger partial charge in [-0.05, 0) is 50.6 Å². The zero-order chi connectivity index (χ0) is 17.5. The van der Waals surface area contributed by atoms with Crippen LogP contribution in [0.4, 0.5) is 0 Å². The van der Waals surface area contributed by atoms with E-state index in [2.05, 4.69) is 28.2 Å². The van der Waals surface area contributed by atoms with Gasteiger partial charge in [-0.15, -0.1) is 0 Å². The number of rotatable bonds is 8. The number of aromatic amines is 1. The summed E-state index contributed by atoms with van der Waals surface area (Å²) in [5.74, 6) is 1.73. The first-order valence-corrected chi connectivity index (χ1v) is 8.82. The van der Waals surface area contributed by atoms with Gasteiger partial charge >= 0.3 is 0 Å². The Morgan fingerprint density at radius 2 is 2.20 bits per heavy atom. The molecule has 1 aromatic carbocycles. The van der Waals surface area contributed by atoms with E-state index in [1.54, 1.807) is 13.3 Å². The first-order chi connectivity index (χ1) is 12.2. The summed E-state index contributed by atoms with van der Waals surface area (Å²) in [6.45, 7) is 3.01. The van der Waals surface area contributed by atoms with Crippen LogP contribution in [0.15, 0.2) is 30.5 Å². The Balaban J connectivity index is 1.60. The Labute approximate surface area is 149 Å². The van der Waals surface area contributed by atoms with Crippen LogP contribution in [0, 0.1) is 0 Å². The van der Waals surface area contributed by atoms with Crippen LogP contribution in [-0.4, -0.2) is 48.6 Å². The lowest BCUT2D eigenvalue weighted by Gasteiger charge is -2.23. The van der Waals surface area contributed by atoms with Crippen LogP contribution in [0.3, 0.4) is 0 Å². The van der Waals surface area contributed by atoms with E-state index < -0.39 is 0 Å². The fourth-order valence-electron chi connectivity index (χ4n) is 3.11. The molecular formula is C19H27N3O3. The molecule has 1 N–H and O–H groups in total. The predicted molar refractivity (Wildman–Crippen MR) is 95.8 cm³/mol. The van der Waals surface area contributed by atoms with Gasteiger partial charge in [-0.25, -0.2) is 0 Å². The van der Waals surface area contributed by atoms with E-state index in [1.165, 1.54) is 6.42 Å². The Hall–Kier alpha value is -2.05. The lowest BCUT2D eigenvalue weighted by molar-refractivity contribution is -0.0111. The van der Waals surface area contributed by atoms with Gasteiger partial charge in [-0.1, -0.05) is 0 Å². The van der Waals surface area contributed by atoms with Gasteiger partial charge in [0.15, 0.2) is 0 Å². The minimum atomic E-state index is 0.211. The Kier molecular flexibility index (Phi) is 6.30. The largest absolute Gasteiger partial charge is 0.496 e. The molecule has 136 valence electrons. The van der Waals surface area contributed by atoms with Gasteiger partial charge in [0.25, 0.3) is 0 Å². The summed E-state index contributed by atoms with van der Waals surface area (Å²) in [7, 11) is 3.77. The molecule has 25 heavy (non-hydrogen) atoms. The van der Waals surface area contributed by atoms with Gasteiger partial charge < -0.3 is 14.2 Å². The molecule has 0 amide bonds. The lowest BCUT2D eigenvalue weighted by atomic mass is 10.1. The maximum atomic E-state index is 5.96. The van der Waals surface area contributed by atoms with Crippen LogP contribution in [0.2, 0.25) is 0 Å². The summed E-state index contributed by atoms with van der Waals surface area (Å²) in [6, 6.07) is 7.97. The summed E-state index contributed by atoms with van der Waals surface area (Å²) in [5, 5.41) is 6.98. The van der Waals surface area contributed by atoms with Crippen LogP contribution in [0.5, 0.6) is 11.5 Å². The SMILES string of the molecule is COc1ccc(OCC2CCCCO2)cc1CN(C)Cc1ccn[nH]1. The van der Waals surface area contributed by atoms with Gasteiger partial charge in [0, 0.05) is 37.2 Å². The number of nitrogens with zero attached hydrogens (tertiary/aromatic N) is 2. The van der Waals surface area contributed by atoms with E-state index in [4.69, 9.17) is 14.2 Å². The van der Waals surface area contributed by atoms with Crippen molar-refractivity contribution >= 4 is 0 Å². The maximum absolute atomic E-state index is 5.96. The van der Waals surface area contributed by atoms with Crippen molar-refractivity contribution in [2.45, 2.75) is 38.5 Å². The maximum Gasteiger partial charge on any atom is 0.123 e. The van der Waals surface area contributed by atoms with E-state index in [1.807, 2.05) is 18.2 Å². The van der Waals surface area contributed by atoms with E-state index in [0.29, 0.717) is 6.61 Å². The smallest absolute Gasteiger partial charge is 0.123 e. The zero-order valence-corrected chi connectivity index (χ0v) is 15.0. The highest BCUT2D eigenvalue weighted by atomic mass is 16.5. The van der Waals surface area contributed by atoms with Crippen molar-refractivity contribution in [1.82, 2.24) is 15.1 Å². The van der Waals surface area contributed by atoms with Gasteiger partial charge in [-0.3, -0.25) is 10.00 Å². The van der Waals surface area contributed by atoms with Crippen LogP contribution >= 0.6 is 0 Å². The number of ether oxygens (including phenoxy) is 3. The van der Waals surface area contributed by atoms with Gasteiger partial charge in [0.05, 0.1) is 13.2 Å². The third kappa shape index (κ3) is 5.21. The summed E-state index contributed by atoms with van der Waals surface area (Å²) < 4.78 is 17.2. The molecule has 1 aromatic heterocycles. The second-order valence-corrected chi connectivity index (χ2v) is 6.53. The van der Waals surface area contributed by atoms with Crippen molar-refractivity contribution in [2.75, 3.05) is 27.4 Å². The third-order valence-electron chi connectivity index (χ3n) is 4.40. The number of aromatic nitrogens is 2. The lowest BCUT2D eigenvalue weighted by Crippen LogP contribution is -2.25. The van der Waals surface area contributed by atoms with Gasteiger partial charge in [0.2, 0.25) is 0 Å². The quantitative estimate of drug-likeness (QED) is 0.797. The molecule has 2 aromatic rings. The van der Waals surface area contributed by atoms with Crippen molar-refractivity contribution in [2.24, 2.45) is 0 Å². The van der Waals surface area contributed by atoms with E-state index in [-0.39, 0.29) is 6.10 Å². The first kappa shape index (κ1) is 17.8. The monoisotopic (exact) mass is 345 g/mol. The molecule has 0 radical (unpaired) electrons. The van der Waals surface area contributed by atoms with E-state index >= 15 is 0 Å². The first-order valence-electron chi connectivity index (χ1n) is 8.82. The summed E-state index contributed by atoms with van der Waals surface area (Å²) in [6.07, 6.45) is 5.44. The Bertz CT molecular complexity index is 639. The fourth-order valence-corrected chi connectivity index (χ4v) is 3.11. The molecule has 6 nitrogen and oxygen atoms in total. The average molecular weight is 345 g/mol. The van der Waals surface area contributed by atoms with Crippen molar-refractivity contribution in [1.29, 1.82) is 0 Å². The third-order valence-corrected chi connectivity index (χ3v) is 4.40. The highest BCUT2D eigenvalue weighted by Crippen LogP contribution is 2.26. The fraction of sp³-hybridized carbons (Fsp3) is 0.526. The van der Waals surface area contributed by atoms with Crippen LogP contribution in [0.1, 0.15) is 30.5 Å². The van der Waals surface area contributed by atoms with E-state index in [9.17, 15) is 0 Å². The molecule has 6 heteroatoms. The minimum absolute atomic E-state index is 0.211. The highest BCUT2D eigenvalue weighted by Gasteiger charge is 2.15. The normalized spacial score (nSPS) is 17.6. The standard InChI is InChI=1S/C19H27N3O3/c1-22(13-16-8-9-20-21-16)12-15-11-17(6-7-19(15)23-2)25-14-18-5-3-4-10-24-18/h6-9,11,18H,3-5,10,12-14H2,1-2H3,(H,20,21). The van der Waals surface area contributed by atoms with Crippen molar-refractivity contribution in [3.8, 4) is 11.5 Å². The zero-order valence-electron chi connectivity index (χ0n) is 15.0. The van der Waals surface area contributed by atoms with Crippen molar-refractivity contribution in [3.05, 3.63) is 41.7 Å². The molecular weight excluding hydrogens is 318 g/mol. The number of benzene rings is 1. The molecule has 1 saturated heterocycles. The molecule has 1 aliphatic rings. The molecule has 2 heterocycles. The second-order valence-electron chi connectivity index (χ2n) is 6.53. The molecule has 0 aliphatic carbocycles. The van der Waals surface area contributed by atoms with E-state index in [0.717, 1.165) is 55.3 Å². The molecule has 1 unspecified atom stereocenters. The summed E-state index contributed by atoms with van der Waals surface area (Å²) >= 11 is 0. The average Bonchev–Trinajstić information content (AvgIpc) is 3.14. The number of H-pyrrole nitrogens is 1. The molecule has 0 spiro atoms. The number of nitrogens with one attached hydrogen (secondary N) is 1. The molecule has 3 rings (SSSR count). The topological polar surface area (TPSA) is 59.6 Å². The molecule has 1 atom stereocenters. The second kappa shape index (κ2) is 8.87. The van der Waals surface area contributed by atoms with Crippen LogP contribution in [-0.2, 0) is 17.8 Å². The highest BCUT2D eigenvalue weighted by molar-refractivity contribution is 5.40. The summed E-state index contributed by atoms with van der Waals surface area (Å²) in [5.41, 5.74) is 2.19. The van der Waals surface area contributed by atoms with Gasteiger partial charge in [0.1, 0.15) is 18.1 Å². The van der Waals surface area contributed by atoms with Crippen LogP contribution < -0.4 is 9.47 Å². The van der Waals surface area contributed by atoms with Crippen LogP contribution in [0.25, 0.3) is 0 Å². The van der Waals surface area contributed by atoms with Crippen molar-refractivity contribution in [3.63, 3.8) is 0 Å².